The quantitative estimate of drug-likeness (QED) is 0.521. The zero-order valence-corrected chi connectivity index (χ0v) is 13.4. The van der Waals surface area contributed by atoms with E-state index < -0.39 is 16.1 Å². The third-order valence-electron chi connectivity index (χ3n) is 2.76. The summed E-state index contributed by atoms with van der Waals surface area (Å²) < 4.78 is 27.3. The lowest BCUT2D eigenvalue weighted by Gasteiger charge is -2.26. The van der Waals surface area contributed by atoms with Crippen molar-refractivity contribution in [3.05, 3.63) is 16.5 Å². The molecule has 0 aromatic carbocycles. The predicted molar refractivity (Wildman–Crippen MR) is 79.7 cm³/mol. The molecule has 0 aliphatic carbocycles. The fourth-order valence-corrected chi connectivity index (χ4v) is 4.53. The van der Waals surface area contributed by atoms with Crippen molar-refractivity contribution < 1.29 is 18.6 Å². The van der Waals surface area contributed by atoms with Gasteiger partial charge in [0.2, 0.25) is 10.0 Å². The van der Waals surface area contributed by atoms with E-state index in [9.17, 15) is 13.5 Å². The number of thiophene rings is 1. The summed E-state index contributed by atoms with van der Waals surface area (Å²) in [5.74, 6) is 0. The van der Waals surface area contributed by atoms with E-state index in [1.165, 1.54) is 12.1 Å². The molecule has 4 N–H and O–H groups in total. The molecule has 1 unspecified atom stereocenters. The average molecular weight is 343 g/mol. The first kappa shape index (κ1) is 17.8. The molecule has 116 valence electrons. The molecule has 2 atom stereocenters. The third-order valence-corrected chi connectivity index (χ3v) is 5.97. The van der Waals surface area contributed by atoms with E-state index >= 15 is 0 Å². The molecular formula is C11H19ClN2O4S2. The number of rotatable bonds is 9. The molecule has 1 rings (SSSR count). The van der Waals surface area contributed by atoms with Crippen LogP contribution in [0.2, 0.25) is 4.34 Å². The van der Waals surface area contributed by atoms with Gasteiger partial charge in [-0.2, -0.15) is 0 Å². The van der Waals surface area contributed by atoms with Crippen LogP contribution in [-0.2, 0) is 10.0 Å². The molecule has 9 heteroatoms. The van der Waals surface area contributed by atoms with Crippen molar-refractivity contribution in [3.63, 3.8) is 0 Å². The van der Waals surface area contributed by atoms with Crippen LogP contribution in [0.4, 0.5) is 0 Å². The predicted octanol–water partition coefficient (Wildman–Crippen LogP) is 0.401. The van der Waals surface area contributed by atoms with Crippen LogP contribution >= 0.6 is 22.9 Å². The van der Waals surface area contributed by atoms with E-state index in [0.717, 1.165) is 11.3 Å². The summed E-state index contributed by atoms with van der Waals surface area (Å²) in [6.45, 7) is 1.81. The van der Waals surface area contributed by atoms with Gasteiger partial charge in [-0.1, -0.05) is 18.5 Å². The van der Waals surface area contributed by atoms with Gasteiger partial charge in [0, 0.05) is 12.6 Å². The van der Waals surface area contributed by atoms with Crippen LogP contribution in [0.5, 0.6) is 0 Å². The summed E-state index contributed by atoms with van der Waals surface area (Å²) in [7, 11) is -3.71. The van der Waals surface area contributed by atoms with Gasteiger partial charge in [-0.15, -0.1) is 11.3 Å². The van der Waals surface area contributed by atoms with Crippen molar-refractivity contribution in [2.45, 2.75) is 29.6 Å². The van der Waals surface area contributed by atoms with E-state index in [0.29, 0.717) is 17.3 Å². The van der Waals surface area contributed by atoms with Gasteiger partial charge in [0.05, 0.1) is 23.6 Å². The molecule has 0 radical (unpaired) electrons. The van der Waals surface area contributed by atoms with Crippen molar-refractivity contribution in [2.75, 3.05) is 19.8 Å². The lowest BCUT2D eigenvalue weighted by atomic mass is 10.1. The van der Waals surface area contributed by atoms with Crippen LogP contribution in [0.25, 0.3) is 0 Å². The zero-order valence-electron chi connectivity index (χ0n) is 11.0. The van der Waals surface area contributed by atoms with Crippen LogP contribution in [-0.4, -0.2) is 50.5 Å². The highest BCUT2D eigenvalue weighted by molar-refractivity contribution is 7.91. The van der Waals surface area contributed by atoms with E-state index in [2.05, 4.69) is 10.0 Å². The van der Waals surface area contributed by atoms with Gasteiger partial charge in [-0.3, -0.25) is 0 Å². The molecule has 0 aliphatic rings. The van der Waals surface area contributed by atoms with Crippen LogP contribution in [0.15, 0.2) is 16.3 Å². The molecule has 0 aliphatic heterocycles. The Morgan fingerprint density at radius 3 is 2.50 bits per heavy atom. The topological polar surface area (TPSA) is 98.7 Å². The molecule has 20 heavy (non-hydrogen) atoms. The lowest BCUT2D eigenvalue weighted by molar-refractivity contribution is 0.213. The molecule has 0 amide bonds. The zero-order chi connectivity index (χ0) is 15.2. The number of nitrogens with one attached hydrogen (secondary N) is 2. The lowest BCUT2D eigenvalue weighted by Crippen LogP contribution is -2.52. The van der Waals surface area contributed by atoms with Gasteiger partial charge in [0.1, 0.15) is 4.21 Å². The SMILES string of the molecule is CCC(NCCO)[C@@H](CO)NS(=O)(=O)c1ccc(Cl)s1. The standard InChI is InChI=1S/C11H19ClN2O4S2/c1-2-8(13-5-6-15)9(7-16)14-20(17,18)11-4-3-10(12)19-11/h3-4,8-9,13-16H,2,5-7H2,1H3/t8?,9-/m1/s1. The normalized spacial score (nSPS) is 15.2. The summed E-state index contributed by atoms with van der Waals surface area (Å²) in [5, 5.41) is 21.2. The highest BCUT2D eigenvalue weighted by atomic mass is 35.5. The van der Waals surface area contributed by atoms with Crippen molar-refractivity contribution in [3.8, 4) is 0 Å². The molecule has 1 aromatic heterocycles. The Morgan fingerprint density at radius 1 is 1.35 bits per heavy atom. The van der Waals surface area contributed by atoms with Crippen LogP contribution in [0.1, 0.15) is 13.3 Å². The minimum Gasteiger partial charge on any atom is -0.395 e. The second kappa shape index (κ2) is 8.28. The molecular weight excluding hydrogens is 324 g/mol. The van der Waals surface area contributed by atoms with Crippen molar-refractivity contribution in [2.24, 2.45) is 0 Å². The first-order valence-corrected chi connectivity index (χ1v) is 8.85. The maximum absolute atomic E-state index is 12.2. The largest absolute Gasteiger partial charge is 0.395 e. The summed E-state index contributed by atoms with van der Waals surface area (Å²) in [6.07, 6.45) is 0.610. The van der Waals surface area contributed by atoms with Crippen molar-refractivity contribution in [1.82, 2.24) is 10.0 Å². The Hall–Kier alpha value is -0.220. The van der Waals surface area contributed by atoms with Gasteiger partial charge in [0.25, 0.3) is 0 Å². The fourth-order valence-electron chi connectivity index (χ4n) is 1.77. The number of hydrogen-bond acceptors (Lipinski definition) is 6. The number of sulfonamides is 1. The monoisotopic (exact) mass is 342 g/mol. The first-order chi connectivity index (χ1) is 9.44. The second-order valence-electron chi connectivity index (χ2n) is 4.16. The molecule has 0 saturated heterocycles. The van der Waals surface area contributed by atoms with E-state index in [1.807, 2.05) is 6.92 Å². The molecule has 6 nitrogen and oxygen atoms in total. The maximum atomic E-state index is 12.2. The second-order valence-corrected chi connectivity index (χ2v) is 7.82. The van der Waals surface area contributed by atoms with E-state index in [-0.39, 0.29) is 23.5 Å². The number of halogens is 1. The van der Waals surface area contributed by atoms with Crippen LogP contribution in [0.3, 0.4) is 0 Å². The Balaban J connectivity index is 2.80. The van der Waals surface area contributed by atoms with Gasteiger partial charge in [-0.25, -0.2) is 13.1 Å². The average Bonchev–Trinajstić information content (AvgIpc) is 2.85. The Morgan fingerprint density at radius 2 is 2.05 bits per heavy atom. The molecule has 0 bridgehead atoms. The highest BCUT2D eigenvalue weighted by Crippen LogP contribution is 2.25. The molecule has 0 spiro atoms. The number of hydrogen-bond donors (Lipinski definition) is 4. The van der Waals surface area contributed by atoms with Crippen LogP contribution < -0.4 is 10.0 Å². The van der Waals surface area contributed by atoms with E-state index in [1.54, 1.807) is 0 Å². The summed E-state index contributed by atoms with van der Waals surface area (Å²) in [5.41, 5.74) is 0. The minimum atomic E-state index is -3.71. The van der Waals surface area contributed by atoms with Gasteiger partial charge >= 0.3 is 0 Å². The van der Waals surface area contributed by atoms with Gasteiger partial charge in [-0.05, 0) is 18.6 Å². The molecule has 1 heterocycles. The summed E-state index contributed by atoms with van der Waals surface area (Å²) >= 11 is 6.69. The highest BCUT2D eigenvalue weighted by Gasteiger charge is 2.26. The summed E-state index contributed by atoms with van der Waals surface area (Å²) in [6, 6.07) is 2.00. The fraction of sp³-hybridized carbons (Fsp3) is 0.636. The molecule has 0 fully saturated rings. The Kier molecular flexibility index (Phi) is 7.38. The van der Waals surface area contributed by atoms with Crippen molar-refractivity contribution in [1.29, 1.82) is 0 Å². The van der Waals surface area contributed by atoms with Gasteiger partial charge < -0.3 is 15.5 Å². The van der Waals surface area contributed by atoms with Crippen molar-refractivity contribution >= 4 is 33.0 Å². The Bertz CT molecular complexity index is 506. The van der Waals surface area contributed by atoms with Crippen LogP contribution in [0, 0.1) is 0 Å². The third kappa shape index (κ3) is 4.96. The molecule has 1 aromatic rings. The minimum absolute atomic E-state index is 0.0536. The molecule has 0 saturated carbocycles. The smallest absolute Gasteiger partial charge is 0.250 e. The Labute approximate surface area is 127 Å². The van der Waals surface area contributed by atoms with E-state index in [4.69, 9.17) is 16.7 Å². The number of aliphatic hydroxyl groups excluding tert-OH is 2. The maximum Gasteiger partial charge on any atom is 0.250 e. The number of aliphatic hydroxyl groups is 2. The van der Waals surface area contributed by atoms with Gasteiger partial charge in [0.15, 0.2) is 0 Å². The first-order valence-electron chi connectivity index (χ1n) is 6.17. The summed E-state index contributed by atoms with van der Waals surface area (Å²) in [4.78, 5) is 0.